The molecule has 2 heterocycles. The van der Waals surface area contributed by atoms with Crippen molar-refractivity contribution in [2.45, 2.75) is 17.4 Å². The van der Waals surface area contributed by atoms with Crippen LogP contribution in [0.3, 0.4) is 0 Å². The molecule has 8 heteroatoms. The minimum absolute atomic E-state index is 0.108. The fraction of sp³-hybridized carbons (Fsp3) is 0.158. The van der Waals surface area contributed by atoms with Gasteiger partial charge in [0.15, 0.2) is 6.23 Å². The summed E-state index contributed by atoms with van der Waals surface area (Å²) in [5, 5.41) is 29.7. The second-order valence-corrected chi connectivity index (χ2v) is 7.26. The zero-order chi connectivity index (χ0) is 19.0. The Kier molecular flexibility index (Phi) is 4.82. The summed E-state index contributed by atoms with van der Waals surface area (Å²) in [6.45, 7) is 0. The Labute approximate surface area is 165 Å². The third-order valence-corrected chi connectivity index (χ3v) is 5.29. The maximum Gasteiger partial charge on any atom is 0.225 e. The van der Waals surface area contributed by atoms with Crippen LogP contribution < -0.4 is 4.90 Å². The van der Waals surface area contributed by atoms with Gasteiger partial charge in [-0.15, -0.1) is 5.10 Å². The minimum Gasteiger partial charge on any atom is -0.507 e. The van der Waals surface area contributed by atoms with Crippen LogP contribution in [0.15, 0.2) is 65.5 Å². The standard InChI is InChI=1S/C19H17ClN4O2S/c1-27-19-21-18(22-23-19)24-15(12-7-9-13(20)10-8-12)14(16(25)17(24)26)11-5-3-2-4-6-11/h2-10,15,17,25-26H,1H3,(H,21,22,23)/t15-,17-/m0/s1. The van der Waals surface area contributed by atoms with E-state index in [0.717, 1.165) is 11.1 Å². The van der Waals surface area contributed by atoms with Gasteiger partial charge in [0.25, 0.3) is 0 Å². The molecule has 3 N–H and O–H groups in total. The zero-order valence-electron chi connectivity index (χ0n) is 14.4. The predicted molar refractivity (Wildman–Crippen MR) is 107 cm³/mol. The van der Waals surface area contributed by atoms with E-state index in [-0.39, 0.29) is 5.76 Å². The smallest absolute Gasteiger partial charge is 0.225 e. The van der Waals surface area contributed by atoms with Crippen LogP contribution in [0.2, 0.25) is 5.02 Å². The third-order valence-electron chi connectivity index (χ3n) is 4.49. The molecule has 0 spiro atoms. The van der Waals surface area contributed by atoms with E-state index >= 15 is 0 Å². The van der Waals surface area contributed by atoms with Gasteiger partial charge in [0, 0.05) is 10.6 Å². The molecule has 0 saturated carbocycles. The van der Waals surface area contributed by atoms with Crippen molar-refractivity contribution in [2.75, 3.05) is 11.2 Å². The van der Waals surface area contributed by atoms with Crippen molar-refractivity contribution in [1.29, 1.82) is 0 Å². The first-order valence-corrected chi connectivity index (χ1v) is 9.87. The van der Waals surface area contributed by atoms with Crippen LogP contribution in [-0.4, -0.2) is 37.9 Å². The van der Waals surface area contributed by atoms with Gasteiger partial charge in [0.2, 0.25) is 11.1 Å². The Bertz CT molecular complexity index is 975. The van der Waals surface area contributed by atoms with E-state index < -0.39 is 12.3 Å². The first-order valence-electron chi connectivity index (χ1n) is 8.27. The van der Waals surface area contributed by atoms with Crippen molar-refractivity contribution < 1.29 is 10.2 Å². The molecule has 27 heavy (non-hydrogen) atoms. The van der Waals surface area contributed by atoms with Crippen LogP contribution >= 0.6 is 23.4 Å². The number of anilines is 1. The van der Waals surface area contributed by atoms with Crippen LogP contribution in [-0.2, 0) is 0 Å². The monoisotopic (exact) mass is 400 g/mol. The number of thioether (sulfide) groups is 1. The highest BCUT2D eigenvalue weighted by atomic mass is 35.5. The largest absolute Gasteiger partial charge is 0.507 e. The van der Waals surface area contributed by atoms with Gasteiger partial charge in [-0.05, 0) is 29.5 Å². The quantitative estimate of drug-likeness (QED) is 0.573. The van der Waals surface area contributed by atoms with Gasteiger partial charge in [-0.2, -0.15) is 4.98 Å². The molecule has 0 radical (unpaired) electrons. The maximum atomic E-state index is 10.8. The van der Waals surface area contributed by atoms with Crippen molar-refractivity contribution in [3.05, 3.63) is 76.5 Å². The van der Waals surface area contributed by atoms with E-state index in [4.69, 9.17) is 11.6 Å². The predicted octanol–water partition coefficient (Wildman–Crippen LogP) is 4.03. The van der Waals surface area contributed by atoms with Crippen molar-refractivity contribution >= 4 is 34.9 Å². The van der Waals surface area contributed by atoms with Crippen molar-refractivity contribution in [1.82, 2.24) is 15.2 Å². The molecule has 138 valence electrons. The lowest BCUT2D eigenvalue weighted by molar-refractivity contribution is 0.156. The highest BCUT2D eigenvalue weighted by Crippen LogP contribution is 2.46. The van der Waals surface area contributed by atoms with Gasteiger partial charge < -0.3 is 10.2 Å². The number of hydrogen-bond donors (Lipinski definition) is 3. The molecule has 0 amide bonds. The molecule has 0 unspecified atom stereocenters. The molecule has 0 aliphatic carbocycles. The van der Waals surface area contributed by atoms with E-state index in [1.807, 2.05) is 48.7 Å². The summed E-state index contributed by atoms with van der Waals surface area (Å²) in [5.74, 6) is 0.271. The number of aromatic nitrogens is 3. The van der Waals surface area contributed by atoms with Gasteiger partial charge in [-0.3, -0.25) is 4.90 Å². The SMILES string of the molecule is CSc1n[nH]c(N2[C@@H](c3ccc(Cl)cc3)C(c3ccccc3)=C(O)[C@@H]2O)n1. The molecule has 2 atom stereocenters. The number of benzene rings is 2. The Hall–Kier alpha value is -2.48. The zero-order valence-corrected chi connectivity index (χ0v) is 15.9. The fourth-order valence-electron chi connectivity index (χ4n) is 3.27. The summed E-state index contributed by atoms with van der Waals surface area (Å²) in [5.41, 5.74) is 2.30. The number of nitrogens with one attached hydrogen (secondary N) is 1. The topological polar surface area (TPSA) is 85.3 Å². The first kappa shape index (κ1) is 17.9. The van der Waals surface area contributed by atoms with E-state index in [0.29, 0.717) is 21.7 Å². The molecule has 1 aliphatic heterocycles. The first-order chi connectivity index (χ1) is 13.1. The molecule has 0 saturated heterocycles. The van der Waals surface area contributed by atoms with Crippen LogP contribution in [0.25, 0.3) is 5.57 Å². The number of rotatable bonds is 4. The third kappa shape index (κ3) is 3.18. The molecule has 0 fully saturated rings. The molecular weight excluding hydrogens is 384 g/mol. The number of hydrogen-bond acceptors (Lipinski definition) is 6. The highest BCUT2D eigenvalue weighted by molar-refractivity contribution is 7.98. The summed E-state index contributed by atoms with van der Waals surface area (Å²) < 4.78 is 0. The lowest BCUT2D eigenvalue weighted by atomic mass is 9.94. The van der Waals surface area contributed by atoms with Crippen LogP contribution in [0.1, 0.15) is 17.2 Å². The van der Waals surface area contributed by atoms with Gasteiger partial charge in [-0.25, -0.2) is 5.10 Å². The van der Waals surface area contributed by atoms with Gasteiger partial charge >= 0.3 is 0 Å². The van der Waals surface area contributed by atoms with E-state index in [2.05, 4.69) is 15.2 Å². The van der Waals surface area contributed by atoms with Crippen molar-refractivity contribution in [2.24, 2.45) is 0 Å². The molecule has 4 rings (SSSR count). The van der Waals surface area contributed by atoms with E-state index in [9.17, 15) is 10.2 Å². The number of aliphatic hydroxyl groups excluding tert-OH is 2. The lowest BCUT2D eigenvalue weighted by Gasteiger charge is -2.28. The summed E-state index contributed by atoms with van der Waals surface area (Å²) in [7, 11) is 0. The number of aliphatic hydroxyl groups is 2. The molecule has 2 aromatic carbocycles. The Morgan fingerprint density at radius 2 is 1.81 bits per heavy atom. The van der Waals surface area contributed by atoms with Gasteiger partial charge in [0.05, 0.1) is 6.04 Å². The molecule has 1 aliphatic rings. The van der Waals surface area contributed by atoms with E-state index in [1.165, 1.54) is 11.8 Å². The average molecular weight is 401 g/mol. The van der Waals surface area contributed by atoms with Gasteiger partial charge in [-0.1, -0.05) is 65.8 Å². The summed E-state index contributed by atoms with van der Waals surface area (Å²) in [6, 6.07) is 16.4. The molecular formula is C19H17ClN4O2S. The second kappa shape index (κ2) is 7.26. The molecule has 0 bridgehead atoms. The fourth-order valence-corrected chi connectivity index (χ4v) is 3.71. The van der Waals surface area contributed by atoms with Crippen LogP contribution in [0.5, 0.6) is 0 Å². The Morgan fingerprint density at radius 1 is 1.11 bits per heavy atom. The molecule has 1 aromatic heterocycles. The summed E-state index contributed by atoms with van der Waals surface area (Å²) >= 11 is 7.44. The Balaban J connectivity index is 1.87. The maximum absolute atomic E-state index is 10.8. The van der Waals surface area contributed by atoms with E-state index in [1.54, 1.807) is 17.0 Å². The number of nitrogens with zero attached hydrogens (tertiary/aromatic N) is 3. The van der Waals surface area contributed by atoms with Gasteiger partial charge in [0.1, 0.15) is 5.76 Å². The normalized spacial score (nSPS) is 19.7. The highest BCUT2D eigenvalue weighted by Gasteiger charge is 2.43. The molecule has 3 aromatic rings. The summed E-state index contributed by atoms with van der Waals surface area (Å²) in [4.78, 5) is 6.03. The van der Waals surface area contributed by atoms with Crippen LogP contribution in [0.4, 0.5) is 5.95 Å². The average Bonchev–Trinajstić information content (AvgIpc) is 3.26. The summed E-state index contributed by atoms with van der Waals surface area (Å²) in [6.07, 6.45) is 0.623. The second-order valence-electron chi connectivity index (χ2n) is 6.05. The minimum atomic E-state index is -1.25. The lowest BCUT2D eigenvalue weighted by Crippen LogP contribution is -2.35. The van der Waals surface area contributed by atoms with Crippen molar-refractivity contribution in [3.8, 4) is 0 Å². The number of halogens is 1. The Morgan fingerprint density at radius 3 is 2.44 bits per heavy atom. The molecule has 6 nitrogen and oxygen atoms in total. The van der Waals surface area contributed by atoms with Crippen molar-refractivity contribution in [3.63, 3.8) is 0 Å². The number of H-pyrrole nitrogens is 1. The van der Waals surface area contributed by atoms with Crippen LogP contribution in [0, 0.1) is 0 Å². The number of aromatic amines is 1.